The number of Topliss-reactive ketones (excluding diaryl/α,β-unsaturated/α-hetero) is 1. The molecular weight excluding hydrogens is 356 g/mol. The summed E-state index contributed by atoms with van der Waals surface area (Å²) in [6.07, 6.45) is 0. The molecule has 2 aliphatic heterocycles. The molecule has 0 spiro atoms. The van der Waals surface area contributed by atoms with Crippen LogP contribution in [0.5, 0.6) is 11.5 Å². The summed E-state index contributed by atoms with van der Waals surface area (Å²) in [5, 5.41) is 0. The highest BCUT2D eigenvalue weighted by atomic mass is 16.6. The van der Waals surface area contributed by atoms with Crippen molar-refractivity contribution in [1.82, 2.24) is 0 Å². The van der Waals surface area contributed by atoms with Crippen LogP contribution < -0.4 is 9.47 Å². The first-order chi connectivity index (χ1) is 13.3. The molecule has 4 aliphatic rings. The van der Waals surface area contributed by atoms with Crippen molar-refractivity contribution < 1.29 is 23.8 Å². The average molecular weight is 378 g/mol. The van der Waals surface area contributed by atoms with Crippen LogP contribution >= 0.6 is 0 Å². The van der Waals surface area contributed by atoms with Crippen LogP contribution in [0.4, 0.5) is 0 Å². The minimum Gasteiger partial charge on any atom is -0.497 e. The van der Waals surface area contributed by atoms with Crippen LogP contribution in [0.1, 0.15) is 53.7 Å². The molecule has 2 unspecified atom stereocenters. The van der Waals surface area contributed by atoms with E-state index in [-0.39, 0.29) is 11.8 Å². The number of carbonyl (C=O) groups is 2. The molecule has 0 aromatic heterocycles. The fourth-order valence-corrected chi connectivity index (χ4v) is 6.03. The molecule has 4 atom stereocenters. The standard InChI is InChI=1S/C23H22O5/c1-21-17-14(10-12(26-4)11-16(17)27-5)19(24)22(21,2)23(3)15-9-7-6-8-13(15)18(21)20(25)28-23/h6-11,18H,1-5H3/t18?,21-,22-,23?/m0/s1. The summed E-state index contributed by atoms with van der Waals surface area (Å²) in [7, 11) is 3.14. The van der Waals surface area contributed by atoms with E-state index < -0.39 is 22.3 Å². The minimum atomic E-state index is -1.07. The van der Waals surface area contributed by atoms with Crippen LogP contribution in [-0.4, -0.2) is 26.0 Å². The number of ketones is 1. The Bertz CT molecular complexity index is 1070. The van der Waals surface area contributed by atoms with E-state index in [4.69, 9.17) is 14.2 Å². The second-order valence-electron chi connectivity index (χ2n) is 8.38. The maximum Gasteiger partial charge on any atom is 0.315 e. The number of esters is 1. The van der Waals surface area contributed by atoms with Crippen molar-refractivity contribution in [2.45, 2.75) is 37.7 Å². The summed E-state index contributed by atoms with van der Waals surface area (Å²) < 4.78 is 17.1. The van der Waals surface area contributed by atoms with Gasteiger partial charge in [0.1, 0.15) is 17.1 Å². The zero-order valence-electron chi connectivity index (χ0n) is 16.6. The second kappa shape index (κ2) is 4.96. The average Bonchev–Trinajstić information content (AvgIpc) is 2.87. The maximum atomic E-state index is 13.9. The van der Waals surface area contributed by atoms with Crippen LogP contribution in [-0.2, 0) is 20.5 Å². The third-order valence-electron chi connectivity index (χ3n) is 7.65. The van der Waals surface area contributed by atoms with Gasteiger partial charge in [0.15, 0.2) is 5.78 Å². The van der Waals surface area contributed by atoms with Gasteiger partial charge in [-0.2, -0.15) is 0 Å². The Kier molecular flexibility index (Phi) is 3.06. The molecule has 1 saturated heterocycles. The molecule has 2 aromatic carbocycles. The SMILES string of the molecule is COc1cc(OC)c2c(c1)C(=O)[C@]1(C)C3(C)OC(=O)C(c4ccccc43)[C@]21C. The number of carbonyl (C=O) groups excluding carboxylic acids is 2. The normalized spacial score (nSPS) is 34.4. The largest absolute Gasteiger partial charge is 0.497 e. The van der Waals surface area contributed by atoms with E-state index in [0.29, 0.717) is 17.1 Å². The van der Waals surface area contributed by atoms with E-state index in [0.717, 1.165) is 16.7 Å². The van der Waals surface area contributed by atoms with Crippen LogP contribution in [0, 0.1) is 5.41 Å². The van der Waals surface area contributed by atoms with E-state index in [1.54, 1.807) is 26.4 Å². The highest BCUT2D eigenvalue weighted by Gasteiger charge is 2.78. The molecule has 144 valence electrons. The second-order valence-corrected chi connectivity index (χ2v) is 8.38. The van der Waals surface area contributed by atoms with Crippen molar-refractivity contribution in [1.29, 1.82) is 0 Å². The Hall–Kier alpha value is -2.82. The predicted octanol–water partition coefficient (Wildman–Crippen LogP) is 3.73. The summed E-state index contributed by atoms with van der Waals surface area (Å²) in [5.41, 5.74) is 0.323. The van der Waals surface area contributed by atoms with Crippen molar-refractivity contribution in [2.75, 3.05) is 14.2 Å². The predicted molar refractivity (Wildman–Crippen MR) is 102 cm³/mol. The quantitative estimate of drug-likeness (QED) is 0.745. The van der Waals surface area contributed by atoms with E-state index in [2.05, 4.69) is 0 Å². The number of rotatable bonds is 2. The Morgan fingerprint density at radius 1 is 1.00 bits per heavy atom. The summed E-state index contributed by atoms with van der Waals surface area (Å²) in [6, 6.07) is 11.3. The summed E-state index contributed by atoms with van der Waals surface area (Å²) in [4.78, 5) is 27.1. The summed E-state index contributed by atoms with van der Waals surface area (Å²) in [6.45, 7) is 5.80. The maximum absolute atomic E-state index is 13.9. The third kappa shape index (κ3) is 1.50. The number of hydrogen-bond acceptors (Lipinski definition) is 5. The summed E-state index contributed by atoms with van der Waals surface area (Å²) in [5.74, 6) is 0.201. The minimum absolute atomic E-state index is 0.0447. The van der Waals surface area contributed by atoms with Gasteiger partial charge in [0.2, 0.25) is 0 Å². The lowest BCUT2D eigenvalue weighted by Crippen LogP contribution is -2.68. The van der Waals surface area contributed by atoms with Gasteiger partial charge in [-0.1, -0.05) is 31.2 Å². The number of ether oxygens (including phenoxy) is 3. The summed E-state index contributed by atoms with van der Waals surface area (Å²) >= 11 is 0. The van der Waals surface area contributed by atoms with E-state index >= 15 is 0 Å². The van der Waals surface area contributed by atoms with Gasteiger partial charge in [-0.25, -0.2) is 0 Å². The van der Waals surface area contributed by atoms with E-state index in [1.807, 2.05) is 45.0 Å². The van der Waals surface area contributed by atoms with Crippen molar-refractivity contribution in [3.8, 4) is 11.5 Å². The van der Waals surface area contributed by atoms with Gasteiger partial charge in [0, 0.05) is 28.2 Å². The first-order valence-electron chi connectivity index (χ1n) is 9.39. The molecule has 2 aliphatic carbocycles. The third-order valence-corrected chi connectivity index (χ3v) is 7.65. The fraction of sp³-hybridized carbons (Fsp3) is 0.391. The Morgan fingerprint density at radius 2 is 1.71 bits per heavy atom. The monoisotopic (exact) mass is 378 g/mol. The number of benzene rings is 2. The first kappa shape index (κ1) is 17.3. The van der Waals surface area contributed by atoms with Gasteiger partial charge in [-0.05, 0) is 25.5 Å². The molecule has 2 bridgehead atoms. The molecule has 0 N–H and O–H groups in total. The van der Waals surface area contributed by atoms with Gasteiger partial charge < -0.3 is 14.2 Å². The van der Waals surface area contributed by atoms with Crippen LogP contribution in [0.15, 0.2) is 36.4 Å². The molecular formula is C23H22O5. The van der Waals surface area contributed by atoms with Gasteiger partial charge in [-0.3, -0.25) is 9.59 Å². The molecule has 2 aromatic rings. The number of methoxy groups -OCH3 is 2. The molecule has 0 amide bonds. The lowest BCUT2D eigenvalue weighted by atomic mass is 9.44. The Labute approximate surface area is 163 Å². The van der Waals surface area contributed by atoms with Gasteiger partial charge in [0.05, 0.1) is 25.6 Å². The fourth-order valence-electron chi connectivity index (χ4n) is 6.03. The molecule has 5 nitrogen and oxygen atoms in total. The van der Waals surface area contributed by atoms with Crippen LogP contribution in [0.25, 0.3) is 0 Å². The lowest BCUT2D eigenvalue weighted by molar-refractivity contribution is -0.207. The topological polar surface area (TPSA) is 61.8 Å². The van der Waals surface area contributed by atoms with Crippen LogP contribution in [0.3, 0.4) is 0 Å². The molecule has 5 heteroatoms. The molecule has 6 rings (SSSR count). The van der Waals surface area contributed by atoms with E-state index in [1.165, 1.54) is 0 Å². The molecule has 1 fully saturated rings. The van der Waals surface area contributed by atoms with Gasteiger partial charge in [0.25, 0.3) is 0 Å². The molecule has 28 heavy (non-hydrogen) atoms. The zero-order chi connectivity index (χ0) is 20.1. The van der Waals surface area contributed by atoms with Crippen molar-refractivity contribution in [3.05, 3.63) is 58.7 Å². The molecule has 2 heterocycles. The van der Waals surface area contributed by atoms with Crippen molar-refractivity contribution in [2.24, 2.45) is 5.41 Å². The Morgan fingerprint density at radius 3 is 2.39 bits per heavy atom. The number of fused-ring (bicyclic) bond motifs is 2. The molecule has 0 saturated carbocycles. The van der Waals surface area contributed by atoms with Gasteiger partial charge >= 0.3 is 5.97 Å². The smallest absolute Gasteiger partial charge is 0.315 e. The van der Waals surface area contributed by atoms with Gasteiger partial charge in [-0.15, -0.1) is 0 Å². The van der Waals surface area contributed by atoms with Crippen molar-refractivity contribution >= 4 is 11.8 Å². The zero-order valence-corrected chi connectivity index (χ0v) is 16.6. The first-order valence-corrected chi connectivity index (χ1v) is 9.39. The molecule has 0 radical (unpaired) electrons. The highest BCUT2D eigenvalue weighted by Crippen LogP contribution is 2.73. The number of hydrogen-bond donors (Lipinski definition) is 0. The van der Waals surface area contributed by atoms with Crippen LogP contribution in [0.2, 0.25) is 0 Å². The highest BCUT2D eigenvalue weighted by molar-refractivity contribution is 6.11. The Balaban J connectivity index is 1.94. The van der Waals surface area contributed by atoms with E-state index in [9.17, 15) is 9.59 Å². The van der Waals surface area contributed by atoms with Crippen molar-refractivity contribution in [3.63, 3.8) is 0 Å². The lowest BCUT2D eigenvalue weighted by Gasteiger charge is -2.62.